The van der Waals surface area contributed by atoms with Crippen molar-refractivity contribution in [1.29, 1.82) is 0 Å². The summed E-state index contributed by atoms with van der Waals surface area (Å²) >= 11 is 2.80. The van der Waals surface area contributed by atoms with Gasteiger partial charge in [-0.25, -0.2) is 9.97 Å². The van der Waals surface area contributed by atoms with Gasteiger partial charge in [-0.2, -0.15) is 0 Å². The highest BCUT2D eigenvalue weighted by Crippen LogP contribution is 2.30. The largest absolute Gasteiger partial charge is 0.497 e. The molecule has 4 rings (SSSR count). The second kappa shape index (κ2) is 8.71. The summed E-state index contributed by atoms with van der Waals surface area (Å²) in [6, 6.07) is 9.32. The van der Waals surface area contributed by atoms with Gasteiger partial charge in [-0.3, -0.25) is 9.59 Å². The Bertz CT molecular complexity index is 1110. The van der Waals surface area contributed by atoms with Crippen LogP contribution in [-0.4, -0.2) is 40.6 Å². The van der Waals surface area contributed by atoms with E-state index in [9.17, 15) is 9.59 Å². The van der Waals surface area contributed by atoms with Crippen molar-refractivity contribution in [2.24, 2.45) is 11.7 Å². The molecule has 1 fully saturated rings. The zero-order valence-electron chi connectivity index (χ0n) is 16.7. The second-order valence-electron chi connectivity index (χ2n) is 7.16. The molecule has 2 heterocycles. The summed E-state index contributed by atoms with van der Waals surface area (Å²) < 4.78 is 5.30. The normalized spacial score (nSPS) is 17.7. The number of rotatable bonds is 8. The number of benzene rings is 1. The molecule has 1 amide bonds. The Balaban J connectivity index is 1.40. The maximum Gasteiger partial charge on any atom is 0.225 e. The molecule has 30 heavy (non-hydrogen) atoms. The van der Waals surface area contributed by atoms with Crippen LogP contribution in [0.2, 0.25) is 0 Å². The lowest BCUT2D eigenvalue weighted by Gasteiger charge is -2.08. The highest BCUT2D eigenvalue weighted by molar-refractivity contribution is 8.00. The lowest BCUT2D eigenvalue weighted by Crippen LogP contribution is -2.26. The van der Waals surface area contributed by atoms with Crippen molar-refractivity contribution in [2.75, 3.05) is 12.9 Å². The van der Waals surface area contributed by atoms with E-state index in [-0.39, 0.29) is 29.4 Å². The van der Waals surface area contributed by atoms with Crippen LogP contribution in [0.1, 0.15) is 26.8 Å². The summed E-state index contributed by atoms with van der Waals surface area (Å²) in [4.78, 5) is 35.2. The maximum atomic E-state index is 12.7. The molecule has 2 aromatic heterocycles. The van der Waals surface area contributed by atoms with Crippen LogP contribution in [0.3, 0.4) is 0 Å². The monoisotopic (exact) mass is 442 g/mol. The number of nitrogens with one attached hydrogen (secondary N) is 1. The molecule has 0 radical (unpaired) electrons. The summed E-state index contributed by atoms with van der Waals surface area (Å²) in [6.45, 7) is 2.26. The molecular formula is C21H22N4O3S2. The number of nitrogens with zero attached hydrogens (tertiary/aromatic N) is 2. The standard InChI is InChI=1S/C21H22N4O3S2/c1-11-24-17-5-3-12(28-2)7-15(17)21(25-11)29-10-18(26)19-6-4-13(30-19)9-23-20(27)14-8-16(14)22/h3-7,14,16H,8-10,22H2,1-2H3,(H,23,27)/t14-,16-/m1/s1. The van der Waals surface area contributed by atoms with Gasteiger partial charge in [-0.15, -0.1) is 11.3 Å². The van der Waals surface area contributed by atoms with Crippen LogP contribution in [0.5, 0.6) is 5.75 Å². The number of ether oxygens (including phenoxy) is 1. The van der Waals surface area contributed by atoms with E-state index in [2.05, 4.69) is 15.3 Å². The predicted octanol–water partition coefficient (Wildman–Crippen LogP) is 2.95. The van der Waals surface area contributed by atoms with Gasteiger partial charge in [0.05, 0.1) is 35.7 Å². The van der Waals surface area contributed by atoms with E-state index in [1.807, 2.05) is 37.3 Å². The minimum Gasteiger partial charge on any atom is -0.497 e. The first-order chi connectivity index (χ1) is 14.4. The SMILES string of the molecule is COc1ccc2nc(C)nc(SCC(=O)c3ccc(CNC(=O)[C@@H]4C[C@H]4N)s3)c2c1. The predicted molar refractivity (Wildman–Crippen MR) is 118 cm³/mol. The Morgan fingerprint density at radius 3 is 2.83 bits per heavy atom. The molecule has 3 N–H and O–H groups in total. The number of hydrogen-bond donors (Lipinski definition) is 2. The van der Waals surface area contributed by atoms with Crippen LogP contribution < -0.4 is 15.8 Å². The van der Waals surface area contributed by atoms with Gasteiger partial charge in [-0.05, 0) is 43.7 Å². The number of thiophene rings is 1. The highest BCUT2D eigenvalue weighted by atomic mass is 32.2. The fourth-order valence-corrected chi connectivity index (χ4v) is 4.99. The summed E-state index contributed by atoms with van der Waals surface area (Å²) in [5, 5.41) is 4.51. The van der Waals surface area contributed by atoms with E-state index in [1.165, 1.54) is 23.1 Å². The zero-order valence-corrected chi connectivity index (χ0v) is 18.3. The Hall–Kier alpha value is -2.49. The van der Waals surface area contributed by atoms with Gasteiger partial charge in [0, 0.05) is 16.3 Å². The first-order valence-electron chi connectivity index (χ1n) is 9.55. The Kier molecular flexibility index (Phi) is 6.03. The molecule has 1 aliphatic rings. The Labute approximate surface area is 182 Å². The molecule has 0 unspecified atom stereocenters. The minimum atomic E-state index is -0.0627. The van der Waals surface area contributed by atoms with Gasteiger partial charge < -0.3 is 15.8 Å². The molecule has 1 aromatic carbocycles. The van der Waals surface area contributed by atoms with Gasteiger partial charge in [0.25, 0.3) is 0 Å². The summed E-state index contributed by atoms with van der Waals surface area (Å²) in [6.07, 6.45) is 0.750. The van der Waals surface area contributed by atoms with Gasteiger partial charge in [0.1, 0.15) is 16.6 Å². The van der Waals surface area contributed by atoms with Crippen molar-refractivity contribution >= 4 is 45.7 Å². The zero-order chi connectivity index (χ0) is 21.3. The number of Topliss-reactive ketones (excluding diaryl/α,β-unsaturated/α-hetero) is 1. The number of methoxy groups -OCH3 is 1. The van der Waals surface area contributed by atoms with Gasteiger partial charge >= 0.3 is 0 Å². The van der Waals surface area contributed by atoms with Crippen LogP contribution >= 0.6 is 23.1 Å². The fourth-order valence-electron chi connectivity index (χ4n) is 3.08. The lowest BCUT2D eigenvalue weighted by molar-refractivity contribution is -0.122. The number of aryl methyl sites for hydroxylation is 1. The number of thioether (sulfide) groups is 1. The van der Waals surface area contributed by atoms with Crippen molar-refractivity contribution < 1.29 is 14.3 Å². The third kappa shape index (κ3) is 4.63. The Morgan fingerprint density at radius 2 is 2.10 bits per heavy atom. The van der Waals surface area contributed by atoms with Crippen LogP contribution in [0.4, 0.5) is 0 Å². The Morgan fingerprint density at radius 1 is 1.30 bits per heavy atom. The van der Waals surface area contributed by atoms with Gasteiger partial charge in [0.15, 0.2) is 5.78 Å². The van der Waals surface area contributed by atoms with Crippen molar-refractivity contribution in [2.45, 2.75) is 31.0 Å². The quantitative estimate of drug-likeness (QED) is 0.314. The van der Waals surface area contributed by atoms with Gasteiger partial charge in [-0.1, -0.05) is 11.8 Å². The van der Waals surface area contributed by atoms with Crippen LogP contribution in [0.15, 0.2) is 35.4 Å². The van der Waals surface area contributed by atoms with Crippen molar-refractivity contribution in [3.8, 4) is 5.75 Å². The first kappa shape index (κ1) is 20.8. The first-order valence-corrected chi connectivity index (χ1v) is 11.3. The summed E-state index contributed by atoms with van der Waals surface area (Å²) in [7, 11) is 1.61. The third-order valence-corrected chi connectivity index (χ3v) is 6.99. The van der Waals surface area contributed by atoms with Crippen LogP contribution in [-0.2, 0) is 11.3 Å². The number of fused-ring (bicyclic) bond motifs is 1. The summed E-state index contributed by atoms with van der Waals surface area (Å²) in [5.74, 6) is 1.60. The molecule has 1 saturated carbocycles. The maximum absolute atomic E-state index is 12.7. The van der Waals surface area contributed by atoms with Crippen LogP contribution in [0.25, 0.3) is 10.9 Å². The molecule has 7 nitrogen and oxygen atoms in total. The van der Waals surface area contributed by atoms with Crippen LogP contribution in [0, 0.1) is 12.8 Å². The molecular weight excluding hydrogens is 420 g/mol. The highest BCUT2D eigenvalue weighted by Gasteiger charge is 2.39. The number of ketones is 1. The average molecular weight is 443 g/mol. The molecule has 156 valence electrons. The molecule has 9 heteroatoms. The summed E-state index contributed by atoms with van der Waals surface area (Å²) in [5.41, 5.74) is 6.52. The van der Waals surface area contributed by atoms with E-state index in [1.54, 1.807) is 7.11 Å². The van der Waals surface area contributed by atoms with E-state index in [0.29, 0.717) is 17.2 Å². The van der Waals surface area contributed by atoms with E-state index < -0.39 is 0 Å². The van der Waals surface area contributed by atoms with Crippen molar-refractivity contribution in [3.63, 3.8) is 0 Å². The smallest absolute Gasteiger partial charge is 0.225 e. The number of amides is 1. The molecule has 1 aliphatic carbocycles. The number of aromatic nitrogens is 2. The number of carbonyl (C=O) groups is 2. The van der Waals surface area contributed by atoms with Crippen molar-refractivity contribution in [1.82, 2.24) is 15.3 Å². The molecule has 0 aliphatic heterocycles. The van der Waals surface area contributed by atoms with E-state index >= 15 is 0 Å². The van der Waals surface area contributed by atoms with Crippen molar-refractivity contribution in [3.05, 3.63) is 45.9 Å². The molecule has 0 spiro atoms. The second-order valence-corrected chi connectivity index (χ2v) is 9.29. The molecule has 3 aromatic rings. The number of hydrogen-bond acceptors (Lipinski definition) is 8. The minimum absolute atomic E-state index is 0.0102. The molecule has 0 bridgehead atoms. The third-order valence-electron chi connectivity index (χ3n) is 4.87. The lowest BCUT2D eigenvalue weighted by atomic mass is 10.2. The van der Waals surface area contributed by atoms with E-state index in [4.69, 9.17) is 10.5 Å². The van der Waals surface area contributed by atoms with E-state index in [0.717, 1.165) is 33.0 Å². The topological polar surface area (TPSA) is 107 Å². The molecule has 0 saturated heterocycles. The molecule has 2 atom stereocenters. The fraction of sp³-hybridized carbons (Fsp3) is 0.333. The number of nitrogens with two attached hydrogens (primary N) is 1. The number of carbonyl (C=O) groups excluding carboxylic acids is 2. The van der Waals surface area contributed by atoms with Gasteiger partial charge in [0.2, 0.25) is 5.91 Å². The average Bonchev–Trinajstić information content (AvgIpc) is 3.28.